The molecule has 2 heterocycles. The topological polar surface area (TPSA) is 54.9 Å². The van der Waals surface area contributed by atoms with Gasteiger partial charge in [-0.3, -0.25) is 9.78 Å². The zero-order valence-corrected chi connectivity index (χ0v) is 12.1. The number of aromatic nitrogens is 2. The van der Waals surface area contributed by atoms with Crippen LogP contribution in [0.1, 0.15) is 34.1 Å². The molecule has 0 aliphatic heterocycles. The molecule has 1 saturated carbocycles. The normalized spacial score (nSPS) is 14.3. The number of thiazole rings is 1. The minimum absolute atomic E-state index is 0.144. The van der Waals surface area contributed by atoms with Gasteiger partial charge in [-0.25, -0.2) is 4.98 Å². The Hall–Kier alpha value is -2.27. The molecule has 104 valence electrons. The van der Waals surface area contributed by atoms with Crippen molar-refractivity contribution < 1.29 is 4.79 Å². The Balaban J connectivity index is 1.60. The van der Waals surface area contributed by atoms with E-state index in [1.165, 1.54) is 17.8 Å². The van der Waals surface area contributed by atoms with E-state index in [4.69, 9.17) is 0 Å². The molecule has 0 saturated heterocycles. The van der Waals surface area contributed by atoms with Crippen LogP contribution < -0.4 is 5.32 Å². The van der Waals surface area contributed by atoms with Gasteiger partial charge < -0.3 is 5.32 Å². The molecule has 1 amide bonds. The van der Waals surface area contributed by atoms with Crippen molar-refractivity contribution in [2.45, 2.75) is 18.8 Å². The maximum Gasteiger partial charge on any atom is 0.257 e. The summed E-state index contributed by atoms with van der Waals surface area (Å²) >= 11 is 1.73. The first kappa shape index (κ1) is 12.5. The number of hydrogen-bond donors (Lipinski definition) is 1. The van der Waals surface area contributed by atoms with Gasteiger partial charge in [-0.05, 0) is 43.2 Å². The van der Waals surface area contributed by atoms with Gasteiger partial charge in [0.05, 0.1) is 20.8 Å². The monoisotopic (exact) mass is 295 g/mol. The van der Waals surface area contributed by atoms with Crippen LogP contribution in [0.15, 0.2) is 42.7 Å². The number of carbonyl (C=O) groups is 1. The van der Waals surface area contributed by atoms with Crippen molar-refractivity contribution in [2.75, 3.05) is 5.32 Å². The van der Waals surface area contributed by atoms with Crippen LogP contribution in [-0.2, 0) is 0 Å². The lowest BCUT2D eigenvalue weighted by molar-refractivity contribution is 0.102. The number of hydrogen-bond acceptors (Lipinski definition) is 4. The summed E-state index contributed by atoms with van der Waals surface area (Å²) in [6.07, 6.45) is 5.72. The SMILES string of the molecule is O=C(Nc1ccc2nc(C3CC3)sc2c1)c1cccnc1. The number of amides is 1. The molecule has 0 spiro atoms. The molecule has 21 heavy (non-hydrogen) atoms. The first-order chi connectivity index (χ1) is 10.3. The van der Waals surface area contributed by atoms with E-state index >= 15 is 0 Å². The van der Waals surface area contributed by atoms with Crippen LogP contribution in [-0.4, -0.2) is 15.9 Å². The van der Waals surface area contributed by atoms with Gasteiger partial charge in [-0.2, -0.15) is 0 Å². The molecule has 0 radical (unpaired) electrons. The lowest BCUT2D eigenvalue weighted by atomic mass is 10.2. The molecular weight excluding hydrogens is 282 g/mol. The molecule has 0 bridgehead atoms. The Morgan fingerprint density at radius 3 is 2.95 bits per heavy atom. The van der Waals surface area contributed by atoms with E-state index in [1.807, 2.05) is 18.2 Å². The second-order valence-electron chi connectivity index (χ2n) is 5.20. The smallest absolute Gasteiger partial charge is 0.257 e. The van der Waals surface area contributed by atoms with E-state index < -0.39 is 0 Å². The minimum Gasteiger partial charge on any atom is -0.322 e. The summed E-state index contributed by atoms with van der Waals surface area (Å²) in [4.78, 5) is 20.7. The van der Waals surface area contributed by atoms with Gasteiger partial charge >= 0.3 is 0 Å². The van der Waals surface area contributed by atoms with Crippen molar-refractivity contribution in [1.29, 1.82) is 0 Å². The molecule has 1 fully saturated rings. The molecule has 2 aromatic heterocycles. The standard InChI is InChI=1S/C16H13N3OS/c20-15(11-2-1-7-17-9-11)18-12-5-6-13-14(8-12)21-16(19-13)10-3-4-10/h1-2,5-10H,3-4H2,(H,18,20). The zero-order chi connectivity index (χ0) is 14.2. The van der Waals surface area contributed by atoms with Crippen molar-refractivity contribution in [3.05, 3.63) is 53.3 Å². The Labute approximate surface area is 125 Å². The summed E-state index contributed by atoms with van der Waals surface area (Å²) in [5.74, 6) is 0.519. The highest BCUT2D eigenvalue weighted by molar-refractivity contribution is 7.18. The third kappa shape index (κ3) is 2.52. The molecule has 1 aromatic carbocycles. The second kappa shape index (κ2) is 4.93. The van der Waals surface area contributed by atoms with Crippen molar-refractivity contribution in [3.8, 4) is 0 Å². The average Bonchev–Trinajstić information content (AvgIpc) is 3.28. The van der Waals surface area contributed by atoms with Crippen molar-refractivity contribution in [2.24, 2.45) is 0 Å². The maximum atomic E-state index is 12.1. The highest BCUT2D eigenvalue weighted by Crippen LogP contribution is 2.43. The zero-order valence-electron chi connectivity index (χ0n) is 11.2. The van der Waals surface area contributed by atoms with E-state index in [1.54, 1.807) is 35.9 Å². The van der Waals surface area contributed by atoms with Crippen LogP contribution in [0.3, 0.4) is 0 Å². The Kier molecular flexibility index (Phi) is 2.93. The van der Waals surface area contributed by atoms with Gasteiger partial charge in [0.25, 0.3) is 5.91 Å². The minimum atomic E-state index is -0.144. The number of rotatable bonds is 3. The number of nitrogens with zero attached hydrogens (tertiary/aromatic N) is 2. The third-order valence-electron chi connectivity index (χ3n) is 3.51. The van der Waals surface area contributed by atoms with Gasteiger partial charge in [0, 0.05) is 24.0 Å². The van der Waals surface area contributed by atoms with E-state index in [0.29, 0.717) is 11.5 Å². The van der Waals surface area contributed by atoms with Crippen LogP contribution in [0, 0.1) is 0 Å². The summed E-state index contributed by atoms with van der Waals surface area (Å²) < 4.78 is 1.13. The van der Waals surface area contributed by atoms with Gasteiger partial charge in [0.2, 0.25) is 0 Å². The fourth-order valence-corrected chi connectivity index (χ4v) is 3.40. The van der Waals surface area contributed by atoms with Crippen molar-refractivity contribution >= 4 is 33.1 Å². The lowest BCUT2D eigenvalue weighted by Crippen LogP contribution is -2.11. The first-order valence-electron chi connectivity index (χ1n) is 6.91. The molecule has 4 rings (SSSR count). The van der Waals surface area contributed by atoms with Crippen LogP contribution in [0.25, 0.3) is 10.2 Å². The van der Waals surface area contributed by atoms with Crippen LogP contribution in [0.4, 0.5) is 5.69 Å². The third-order valence-corrected chi connectivity index (χ3v) is 4.69. The number of pyridine rings is 1. The molecule has 4 nitrogen and oxygen atoms in total. The largest absolute Gasteiger partial charge is 0.322 e. The number of carbonyl (C=O) groups excluding carboxylic acids is 1. The predicted octanol–water partition coefficient (Wildman–Crippen LogP) is 3.82. The van der Waals surface area contributed by atoms with E-state index in [9.17, 15) is 4.79 Å². The van der Waals surface area contributed by atoms with E-state index in [2.05, 4.69) is 15.3 Å². The molecule has 3 aromatic rings. The fraction of sp³-hybridized carbons (Fsp3) is 0.188. The van der Waals surface area contributed by atoms with Crippen LogP contribution >= 0.6 is 11.3 Å². The first-order valence-corrected chi connectivity index (χ1v) is 7.73. The number of fused-ring (bicyclic) bond motifs is 1. The van der Waals surface area contributed by atoms with Crippen molar-refractivity contribution in [1.82, 2.24) is 9.97 Å². The van der Waals surface area contributed by atoms with Crippen molar-refractivity contribution in [3.63, 3.8) is 0 Å². The highest BCUT2D eigenvalue weighted by Gasteiger charge is 2.26. The second-order valence-corrected chi connectivity index (χ2v) is 6.27. The average molecular weight is 295 g/mol. The fourth-order valence-electron chi connectivity index (χ4n) is 2.23. The summed E-state index contributed by atoms with van der Waals surface area (Å²) in [6, 6.07) is 9.36. The number of nitrogens with one attached hydrogen (secondary N) is 1. The maximum absolute atomic E-state index is 12.1. The number of anilines is 1. The predicted molar refractivity (Wildman–Crippen MR) is 83.8 cm³/mol. The summed E-state index contributed by atoms with van der Waals surface area (Å²) in [7, 11) is 0. The molecule has 0 atom stereocenters. The molecule has 1 N–H and O–H groups in total. The Morgan fingerprint density at radius 1 is 1.29 bits per heavy atom. The van der Waals surface area contributed by atoms with Gasteiger partial charge in [-0.15, -0.1) is 11.3 Å². The highest BCUT2D eigenvalue weighted by atomic mass is 32.1. The molecule has 1 aliphatic carbocycles. The molecular formula is C16H13N3OS. The molecule has 5 heteroatoms. The van der Waals surface area contributed by atoms with E-state index in [0.717, 1.165) is 15.9 Å². The molecule has 1 aliphatic rings. The lowest BCUT2D eigenvalue weighted by Gasteiger charge is -2.04. The van der Waals surface area contributed by atoms with Crippen LogP contribution in [0.5, 0.6) is 0 Å². The van der Waals surface area contributed by atoms with E-state index in [-0.39, 0.29) is 5.91 Å². The van der Waals surface area contributed by atoms with Gasteiger partial charge in [0.15, 0.2) is 0 Å². The summed E-state index contributed by atoms with van der Waals surface area (Å²) in [5, 5.41) is 4.13. The Morgan fingerprint density at radius 2 is 2.19 bits per heavy atom. The molecule has 0 unspecified atom stereocenters. The number of benzene rings is 1. The Bertz CT molecular complexity index is 809. The van der Waals surface area contributed by atoms with Crippen LogP contribution in [0.2, 0.25) is 0 Å². The van der Waals surface area contributed by atoms with Gasteiger partial charge in [-0.1, -0.05) is 0 Å². The van der Waals surface area contributed by atoms with Gasteiger partial charge in [0.1, 0.15) is 0 Å². The quantitative estimate of drug-likeness (QED) is 0.799. The summed E-state index contributed by atoms with van der Waals surface area (Å²) in [5.41, 5.74) is 2.36. The summed E-state index contributed by atoms with van der Waals surface area (Å²) in [6.45, 7) is 0.